The summed E-state index contributed by atoms with van der Waals surface area (Å²) < 4.78 is 14.2. The van der Waals surface area contributed by atoms with E-state index < -0.39 is 11.2 Å². The number of nitrogens with zero attached hydrogens (tertiary/aromatic N) is 1. The SMILES string of the molecule is Cc1cc(Br)c(O)c(C(C)(C)C#N)c1F. The Hall–Kier alpha value is -1.08. The van der Waals surface area contributed by atoms with Crippen molar-refractivity contribution in [2.45, 2.75) is 26.2 Å². The van der Waals surface area contributed by atoms with E-state index in [0.717, 1.165) is 0 Å². The zero-order valence-corrected chi connectivity index (χ0v) is 10.3. The van der Waals surface area contributed by atoms with Crippen LogP contribution >= 0.6 is 15.9 Å². The van der Waals surface area contributed by atoms with Crippen molar-refractivity contribution in [1.82, 2.24) is 0 Å². The molecule has 0 fully saturated rings. The van der Waals surface area contributed by atoms with Crippen LogP contribution in [0.15, 0.2) is 10.5 Å². The van der Waals surface area contributed by atoms with Crippen molar-refractivity contribution in [3.8, 4) is 11.8 Å². The number of nitriles is 1. The van der Waals surface area contributed by atoms with E-state index in [9.17, 15) is 9.50 Å². The Bertz CT molecular complexity index is 423. The van der Waals surface area contributed by atoms with Crippen molar-refractivity contribution in [3.05, 3.63) is 27.5 Å². The summed E-state index contributed by atoms with van der Waals surface area (Å²) in [5.74, 6) is -0.730. The average Bonchev–Trinajstić information content (AvgIpc) is 2.15. The molecule has 80 valence electrons. The first-order chi connectivity index (χ1) is 6.81. The third kappa shape index (κ3) is 1.98. The minimum absolute atomic E-state index is 0.0388. The molecule has 0 bridgehead atoms. The Morgan fingerprint density at radius 3 is 2.53 bits per heavy atom. The van der Waals surface area contributed by atoms with E-state index in [1.54, 1.807) is 20.8 Å². The van der Waals surface area contributed by atoms with E-state index in [0.29, 0.717) is 10.0 Å². The van der Waals surface area contributed by atoms with Gasteiger partial charge in [-0.15, -0.1) is 0 Å². The molecule has 0 radical (unpaired) electrons. The lowest BCUT2D eigenvalue weighted by Gasteiger charge is -2.20. The lowest BCUT2D eigenvalue weighted by Crippen LogP contribution is -2.17. The summed E-state index contributed by atoms with van der Waals surface area (Å²) in [6.07, 6.45) is 0. The van der Waals surface area contributed by atoms with E-state index in [1.165, 1.54) is 6.07 Å². The van der Waals surface area contributed by atoms with Gasteiger partial charge in [-0.1, -0.05) is 0 Å². The first-order valence-electron chi connectivity index (χ1n) is 4.40. The Labute approximate surface area is 96.5 Å². The van der Waals surface area contributed by atoms with Crippen LogP contribution in [-0.2, 0) is 5.41 Å². The summed E-state index contributed by atoms with van der Waals surface area (Å²) >= 11 is 3.13. The fourth-order valence-corrected chi connectivity index (χ4v) is 1.91. The number of aryl methyl sites for hydroxylation is 1. The number of hydrogen-bond donors (Lipinski definition) is 1. The molecule has 1 aromatic rings. The van der Waals surface area contributed by atoms with Crippen molar-refractivity contribution in [2.24, 2.45) is 0 Å². The maximum Gasteiger partial charge on any atom is 0.137 e. The van der Waals surface area contributed by atoms with Crippen molar-refractivity contribution >= 4 is 15.9 Å². The van der Waals surface area contributed by atoms with Crippen LogP contribution in [0, 0.1) is 24.1 Å². The molecule has 0 heterocycles. The number of aromatic hydroxyl groups is 1. The molecule has 0 saturated carbocycles. The normalized spacial score (nSPS) is 11.2. The second-order valence-electron chi connectivity index (χ2n) is 3.95. The van der Waals surface area contributed by atoms with E-state index in [4.69, 9.17) is 5.26 Å². The molecule has 0 unspecified atom stereocenters. The van der Waals surface area contributed by atoms with Gasteiger partial charge in [-0.3, -0.25) is 0 Å². The molecule has 0 spiro atoms. The summed E-state index contributed by atoms with van der Waals surface area (Å²) in [6.45, 7) is 4.73. The summed E-state index contributed by atoms with van der Waals surface area (Å²) in [4.78, 5) is 0. The lowest BCUT2D eigenvalue weighted by molar-refractivity contribution is 0.437. The molecule has 15 heavy (non-hydrogen) atoms. The van der Waals surface area contributed by atoms with Gasteiger partial charge in [0.2, 0.25) is 0 Å². The molecule has 1 N–H and O–H groups in total. The van der Waals surface area contributed by atoms with Gasteiger partial charge in [-0.2, -0.15) is 5.26 Å². The number of rotatable bonds is 1. The molecule has 0 amide bonds. The maximum absolute atomic E-state index is 13.8. The first kappa shape index (κ1) is 12.0. The van der Waals surface area contributed by atoms with Gasteiger partial charge in [0.25, 0.3) is 0 Å². The number of hydrogen-bond acceptors (Lipinski definition) is 2. The van der Waals surface area contributed by atoms with Crippen LogP contribution in [0.4, 0.5) is 4.39 Å². The zero-order chi connectivity index (χ0) is 11.8. The highest BCUT2D eigenvalue weighted by Crippen LogP contribution is 2.39. The molecule has 0 aliphatic rings. The topological polar surface area (TPSA) is 44.0 Å². The number of halogens is 2. The summed E-state index contributed by atoms with van der Waals surface area (Å²) in [5, 5.41) is 18.7. The highest BCUT2D eigenvalue weighted by molar-refractivity contribution is 9.10. The van der Waals surface area contributed by atoms with Gasteiger partial charge in [-0.05, 0) is 48.3 Å². The minimum Gasteiger partial charge on any atom is -0.506 e. The van der Waals surface area contributed by atoms with Crippen molar-refractivity contribution < 1.29 is 9.50 Å². The fraction of sp³-hybridized carbons (Fsp3) is 0.364. The van der Waals surface area contributed by atoms with Crippen molar-refractivity contribution in [1.29, 1.82) is 5.26 Å². The molecule has 1 aromatic carbocycles. The molecule has 0 aromatic heterocycles. The van der Waals surface area contributed by atoms with Crippen molar-refractivity contribution in [3.63, 3.8) is 0 Å². The minimum atomic E-state index is -1.05. The average molecular weight is 272 g/mol. The Balaban J connectivity index is 3.62. The van der Waals surface area contributed by atoms with Gasteiger partial charge in [0.15, 0.2) is 0 Å². The molecule has 0 saturated heterocycles. The second kappa shape index (κ2) is 3.82. The largest absolute Gasteiger partial charge is 0.506 e. The monoisotopic (exact) mass is 271 g/mol. The summed E-state index contributed by atoms with van der Waals surface area (Å²) in [7, 11) is 0. The maximum atomic E-state index is 13.8. The van der Waals surface area contributed by atoms with Crippen molar-refractivity contribution in [2.75, 3.05) is 0 Å². The molecular formula is C11H11BrFNO. The van der Waals surface area contributed by atoms with Crippen LogP contribution in [0.5, 0.6) is 5.75 Å². The van der Waals surface area contributed by atoms with Crippen LogP contribution in [0.2, 0.25) is 0 Å². The predicted molar refractivity (Wildman–Crippen MR) is 59.1 cm³/mol. The Morgan fingerprint density at radius 1 is 1.53 bits per heavy atom. The third-order valence-electron chi connectivity index (χ3n) is 2.28. The molecular weight excluding hydrogens is 261 g/mol. The quantitative estimate of drug-likeness (QED) is 0.851. The van der Waals surface area contributed by atoms with E-state index >= 15 is 0 Å². The van der Waals surface area contributed by atoms with Crippen LogP contribution in [-0.4, -0.2) is 5.11 Å². The zero-order valence-electron chi connectivity index (χ0n) is 8.73. The molecule has 0 atom stereocenters. The third-order valence-corrected chi connectivity index (χ3v) is 2.88. The van der Waals surface area contributed by atoms with Gasteiger partial charge in [0, 0.05) is 0 Å². The predicted octanol–water partition coefficient (Wildman–Crippen LogP) is 3.40. The Morgan fingerprint density at radius 2 is 2.07 bits per heavy atom. The smallest absolute Gasteiger partial charge is 0.137 e. The number of benzene rings is 1. The molecule has 1 rings (SSSR count). The standard InChI is InChI=1S/C11H11BrFNO/c1-6-4-7(12)10(15)8(9(6)13)11(2,3)5-14/h4,15H,1-3H3. The van der Waals surface area contributed by atoms with E-state index in [-0.39, 0.29) is 11.3 Å². The van der Waals surface area contributed by atoms with Crippen LogP contribution in [0.25, 0.3) is 0 Å². The van der Waals surface area contributed by atoms with Gasteiger partial charge >= 0.3 is 0 Å². The van der Waals surface area contributed by atoms with Gasteiger partial charge in [-0.25, -0.2) is 4.39 Å². The number of phenolic OH excluding ortho intramolecular Hbond substituents is 1. The highest BCUT2D eigenvalue weighted by Gasteiger charge is 2.29. The summed E-state index contributed by atoms with van der Waals surface area (Å²) in [5.41, 5.74) is -0.613. The van der Waals surface area contributed by atoms with Gasteiger partial charge < -0.3 is 5.11 Å². The van der Waals surface area contributed by atoms with Gasteiger partial charge in [0.1, 0.15) is 11.6 Å². The second-order valence-corrected chi connectivity index (χ2v) is 4.80. The highest BCUT2D eigenvalue weighted by atomic mass is 79.9. The van der Waals surface area contributed by atoms with Gasteiger partial charge in [0.05, 0.1) is 21.5 Å². The Kier molecular flexibility index (Phi) is 3.05. The number of phenols is 1. The molecule has 4 heteroatoms. The van der Waals surface area contributed by atoms with E-state index in [2.05, 4.69) is 15.9 Å². The lowest BCUT2D eigenvalue weighted by atomic mass is 9.84. The fourth-order valence-electron chi connectivity index (χ4n) is 1.37. The van der Waals surface area contributed by atoms with Crippen LogP contribution < -0.4 is 0 Å². The molecule has 0 aliphatic carbocycles. The van der Waals surface area contributed by atoms with Crippen LogP contribution in [0.3, 0.4) is 0 Å². The van der Waals surface area contributed by atoms with E-state index in [1.807, 2.05) is 6.07 Å². The molecule has 2 nitrogen and oxygen atoms in total. The van der Waals surface area contributed by atoms with Crippen LogP contribution in [0.1, 0.15) is 25.0 Å². The first-order valence-corrected chi connectivity index (χ1v) is 5.20. The molecule has 0 aliphatic heterocycles. The summed E-state index contributed by atoms with van der Waals surface area (Å²) in [6, 6.07) is 3.46.